The van der Waals surface area contributed by atoms with Gasteiger partial charge in [0.2, 0.25) is 0 Å². The summed E-state index contributed by atoms with van der Waals surface area (Å²) < 4.78 is 5.31. The number of aromatic nitrogens is 1. The van der Waals surface area contributed by atoms with Crippen molar-refractivity contribution >= 4 is 0 Å². The Morgan fingerprint density at radius 1 is 1.38 bits per heavy atom. The standard InChI is InChI=1S/C12H14N2O2/c13-6-2-5-12-14-11(8-16-12)9-3-1-4-10(15)7-9/h1,3-4,7-8,15H,2,5-6,13H2. The van der Waals surface area contributed by atoms with Crippen LogP contribution in [0.15, 0.2) is 34.9 Å². The van der Waals surface area contributed by atoms with Crippen molar-refractivity contribution < 1.29 is 9.52 Å². The number of phenols is 1. The second-order valence-electron chi connectivity index (χ2n) is 3.57. The number of nitrogens with two attached hydrogens (primary N) is 1. The lowest BCUT2D eigenvalue weighted by Gasteiger charge is -1.95. The molecule has 1 aromatic heterocycles. The Balaban J connectivity index is 2.18. The number of phenolic OH excluding ortho intramolecular Hbond substituents is 1. The molecule has 2 aromatic rings. The van der Waals surface area contributed by atoms with Crippen LogP contribution in [0.3, 0.4) is 0 Å². The van der Waals surface area contributed by atoms with E-state index in [1.54, 1.807) is 24.5 Å². The number of nitrogens with zero attached hydrogens (tertiary/aromatic N) is 1. The molecule has 3 N–H and O–H groups in total. The van der Waals surface area contributed by atoms with Crippen molar-refractivity contribution in [2.45, 2.75) is 12.8 Å². The monoisotopic (exact) mass is 218 g/mol. The van der Waals surface area contributed by atoms with E-state index in [0.717, 1.165) is 24.1 Å². The minimum atomic E-state index is 0.226. The predicted octanol–water partition coefficient (Wildman–Crippen LogP) is 1.94. The van der Waals surface area contributed by atoms with Gasteiger partial charge in [-0.1, -0.05) is 12.1 Å². The van der Waals surface area contributed by atoms with E-state index in [1.807, 2.05) is 6.07 Å². The number of benzene rings is 1. The van der Waals surface area contributed by atoms with Crippen LogP contribution in [-0.2, 0) is 6.42 Å². The van der Waals surface area contributed by atoms with Gasteiger partial charge in [0.25, 0.3) is 0 Å². The predicted molar refractivity (Wildman–Crippen MR) is 61.0 cm³/mol. The van der Waals surface area contributed by atoms with Crippen molar-refractivity contribution in [1.82, 2.24) is 4.98 Å². The lowest BCUT2D eigenvalue weighted by atomic mass is 10.2. The molecule has 0 fully saturated rings. The summed E-state index contributed by atoms with van der Waals surface area (Å²) in [6, 6.07) is 6.94. The molecule has 16 heavy (non-hydrogen) atoms. The van der Waals surface area contributed by atoms with E-state index in [0.29, 0.717) is 12.4 Å². The van der Waals surface area contributed by atoms with Crippen LogP contribution >= 0.6 is 0 Å². The fourth-order valence-electron chi connectivity index (χ4n) is 1.48. The maximum absolute atomic E-state index is 9.35. The van der Waals surface area contributed by atoms with E-state index < -0.39 is 0 Å². The third-order valence-corrected chi connectivity index (χ3v) is 2.29. The third kappa shape index (κ3) is 2.41. The van der Waals surface area contributed by atoms with E-state index in [2.05, 4.69) is 4.98 Å². The first-order valence-corrected chi connectivity index (χ1v) is 5.23. The smallest absolute Gasteiger partial charge is 0.194 e. The van der Waals surface area contributed by atoms with Gasteiger partial charge in [-0.25, -0.2) is 4.98 Å². The summed E-state index contributed by atoms with van der Waals surface area (Å²) in [7, 11) is 0. The SMILES string of the molecule is NCCCc1nc(-c2cccc(O)c2)co1. The van der Waals surface area contributed by atoms with Crippen LogP contribution in [-0.4, -0.2) is 16.6 Å². The Morgan fingerprint density at radius 2 is 2.25 bits per heavy atom. The highest BCUT2D eigenvalue weighted by atomic mass is 16.3. The van der Waals surface area contributed by atoms with Crippen molar-refractivity contribution in [1.29, 1.82) is 0 Å². The molecule has 0 bridgehead atoms. The Kier molecular flexibility index (Phi) is 3.22. The zero-order valence-corrected chi connectivity index (χ0v) is 8.89. The van der Waals surface area contributed by atoms with Crippen LogP contribution in [0.25, 0.3) is 11.3 Å². The maximum Gasteiger partial charge on any atom is 0.194 e. The fraction of sp³-hybridized carbons (Fsp3) is 0.250. The van der Waals surface area contributed by atoms with Gasteiger partial charge in [-0.05, 0) is 25.1 Å². The molecule has 4 heteroatoms. The van der Waals surface area contributed by atoms with Crippen molar-refractivity contribution in [3.8, 4) is 17.0 Å². The van der Waals surface area contributed by atoms with Crippen molar-refractivity contribution in [2.75, 3.05) is 6.54 Å². The Hall–Kier alpha value is -1.81. The second-order valence-corrected chi connectivity index (χ2v) is 3.57. The summed E-state index contributed by atoms with van der Waals surface area (Å²) >= 11 is 0. The summed E-state index contributed by atoms with van der Waals surface area (Å²) in [5.74, 6) is 0.910. The zero-order valence-electron chi connectivity index (χ0n) is 8.89. The molecule has 4 nitrogen and oxygen atoms in total. The molecule has 0 saturated carbocycles. The van der Waals surface area contributed by atoms with Gasteiger partial charge in [0.15, 0.2) is 5.89 Å². The van der Waals surface area contributed by atoms with Crippen molar-refractivity contribution in [2.24, 2.45) is 5.73 Å². The fourth-order valence-corrected chi connectivity index (χ4v) is 1.48. The minimum Gasteiger partial charge on any atom is -0.508 e. The van der Waals surface area contributed by atoms with Crippen LogP contribution < -0.4 is 5.73 Å². The van der Waals surface area contributed by atoms with Crippen molar-refractivity contribution in [3.63, 3.8) is 0 Å². The summed E-state index contributed by atoms with van der Waals surface area (Å²) in [6.45, 7) is 0.629. The van der Waals surface area contributed by atoms with E-state index >= 15 is 0 Å². The van der Waals surface area contributed by atoms with Crippen LogP contribution in [0, 0.1) is 0 Å². The highest BCUT2D eigenvalue weighted by Gasteiger charge is 2.06. The molecule has 0 aliphatic heterocycles. The lowest BCUT2D eigenvalue weighted by Crippen LogP contribution is -2.00. The zero-order chi connectivity index (χ0) is 11.4. The molecule has 2 rings (SSSR count). The third-order valence-electron chi connectivity index (χ3n) is 2.29. The molecular weight excluding hydrogens is 204 g/mol. The van der Waals surface area contributed by atoms with Gasteiger partial charge < -0.3 is 15.3 Å². The summed E-state index contributed by atoms with van der Waals surface area (Å²) in [5.41, 5.74) is 7.00. The Labute approximate surface area is 93.7 Å². The van der Waals surface area contributed by atoms with E-state index in [9.17, 15) is 5.11 Å². The average molecular weight is 218 g/mol. The minimum absolute atomic E-state index is 0.226. The highest BCUT2D eigenvalue weighted by Crippen LogP contribution is 2.22. The molecule has 0 atom stereocenters. The first kappa shape index (κ1) is 10.7. The van der Waals surface area contributed by atoms with Gasteiger partial charge in [-0.3, -0.25) is 0 Å². The molecular formula is C12H14N2O2. The van der Waals surface area contributed by atoms with Gasteiger partial charge in [0, 0.05) is 12.0 Å². The molecule has 1 aromatic carbocycles. The number of aromatic hydroxyl groups is 1. The molecule has 84 valence electrons. The number of oxazole rings is 1. The van der Waals surface area contributed by atoms with Gasteiger partial charge >= 0.3 is 0 Å². The average Bonchev–Trinajstić information content (AvgIpc) is 2.75. The molecule has 0 saturated heterocycles. The molecule has 0 aliphatic rings. The Bertz CT molecular complexity index is 466. The number of hydrogen-bond donors (Lipinski definition) is 2. The molecule has 0 spiro atoms. The van der Waals surface area contributed by atoms with Gasteiger partial charge in [-0.15, -0.1) is 0 Å². The Morgan fingerprint density at radius 3 is 3.00 bits per heavy atom. The molecule has 0 amide bonds. The number of aryl methyl sites for hydroxylation is 1. The van der Waals surface area contributed by atoms with E-state index in [1.165, 1.54) is 0 Å². The van der Waals surface area contributed by atoms with Gasteiger partial charge in [0.05, 0.1) is 0 Å². The van der Waals surface area contributed by atoms with Crippen LogP contribution in [0.2, 0.25) is 0 Å². The largest absolute Gasteiger partial charge is 0.508 e. The first-order valence-electron chi connectivity index (χ1n) is 5.23. The number of hydrogen-bond acceptors (Lipinski definition) is 4. The summed E-state index contributed by atoms with van der Waals surface area (Å²) in [4.78, 5) is 4.33. The van der Waals surface area contributed by atoms with Crippen LogP contribution in [0.1, 0.15) is 12.3 Å². The summed E-state index contributed by atoms with van der Waals surface area (Å²) in [6.07, 6.45) is 3.20. The molecule has 0 unspecified atom stereocenters. The van der Waals surface area contributed by atoms with Crippen molar-refractivity contribution in [3.05, 3.63) is 36.4 Å². The summed E-state index contributed by atoms with van der Waals surface area (Å²) in [5, 5.41) is 9.35. The van der Waals surface area contributed by atoms with E-state index in [-0.39, 0.29) is 5.75 Å². The second kappa shape index (κ2) is 4.81. The van der Waals surface area contributed by atoms with E-state index in [4.69, 9.17) is 10.2 Å². The maximum atomic E-state index is 9.35. The molecule has 0 aliphatic carbocycles. The quantitative estimate of drug-likeness (QED) is 0.822. The topological polar surface area (TPSA) is 72.3 Å². The molecule has 1 heterocycles. The molecule has 0 radical (unpaired) electrons. The number of rotatable bonds is 4. The van der Waals surface area contributed by atoms with Crippen LogP contribution in [0.4, 0.5) is 0 Å². The van der Waals surface area contributed by atoms with Gasteiger partial charge in [0.1, 0.15) is 17.7 Å². The first-order chi connectivity index (χ1) is 7.79. The highest BCUT2D eigenvalue weighted by molar-refractivity contribution is 5.59. The van der Waals surface area contributed by atoms with Gasteiger partial charge in [-0.2, -0.15) is 0 Å². The lowest BCUT2D eigenvalue weighted by molar-refractivity contribution is 0.475. The van der Waals surface area contributed by atoms with Crippen LogP contribution in [0.5, 0.6) is 5.75 Å². The normalized spacial score (nSPS) is 10.6.